The Labute approximate surface area is 88.1 Å². The van der Waals surface area contributed by atoms with E-state index in [-0.39, 0.29) is 0 Å². The molecule has 1 heterocycles. The number of nitrogens with one attached hydrogen (secondary N) is 2. The molecule has 0 amide bonds. The van der Waals surface area contributed by atoms with Crippen LogP contribution in [-0.4, -0.2) is 10.1 Å². The SMILES string of the molecule is CCSC(=S)NCc1ccc[nH+]c1. The summed E-state index contributed by atoms with van der Waals surface area (Å²) in [6.45, 7) is 2.89. The number of thiocarbonyl (C=S) groups is 1. The number of thioether (sulfide) groups is 1. The number of rotatable bonds is 3. The van der Waals surface area contributed by atoms with Crippen LogP contribution < -0.4 is 10.3 Å². The summed E-state index contributed by atoms with van der Waals surface area (Å²) in [4.78, 5) is 3.03. The molecule has 0 aliphatic heterocycles. The number of aromatic amines is 1. The maximum Gasteiger partial charge on any atom is 0.171 e. The second kappa shape index (κ2) is 5.94. The van der Waals surface area contributed by atoms with Crippen LogP contribution in [0.15, 0.2) is 24.5 Å². The zero-order valence-corrected chi connectivity index (χ0v) is 9.17. The van der Waals surface area contributed by atoms with Gasteiger partial charge in [-0.3, -0.25) is 0 Å². The zero-order chi connectivity index (χ0) is 9.52. The maximum atomic E-state index is 5.09. The molecule has 0 saturated carbocycles. The Morgan fingerprint density at radius 1 is 1.69 bits per heavy atom. The first-order valence-corrected chi connectivity index (χ1v) is 5.58. The molecular formula is C9H13N2S2+. The number of aromatic nitrogens is 1. The minimum absolute atomic E-state index is 0.795. The van der Waals surface area contributed by atoms with Gasteiger partial charge in [0.05, 0.1) is 0 Å². The van der Waals surface area contributed by atoms with Gasteiger partial charge in [-0.1, -0.05) is 30.9 Å². The molecule has 0 unspecified atom stereocenters. The van der Waals surface area contributed by atoms with Crippen molar-refractivity contribution in [2.75, 3.05) is 5.75 Å². The predicted octanol–water partition coefficient (Wildman–Crippen LogP) is 1.63. The summed E-state index contributed by atoms with van der Waals surface area (Å²) in [6, 6.07) is 4.04. The molecule has 0 aromatic carbocycles. The minimum atomic E-state index is 0.795. The molecule has 0 spiro atoms. The molecule has 1 rings (SSSR count). The van der Waals surface area contributed by atoms with E-state index in [9.17, 15) is 0 Å². The Hall–Kier alpha value is -0.610. The molecule has 0 radical (unpaired) electrons. The van der Waals surface area contributed by atoms with E-state index in [0.717, 1.165) is 16.6 Å². The van der Waals surface area contributed by atoms with E-state index in [1.165, 1.54) is 5.56 Å². The summed E-state index contributed by atoms with van der Waals surface area (Å²) < 4.78 is 0.867. The maximum absolute atomic E-state index is 5.09. The number of hydrogen-bond donors (Lipinski definition) is 1. The van der Waals surface area contributed by atoms with Crippen LogP contribution in [0.4, 0.5) is 0 Å². The van der Waals surface area contributed by atoms with E-state index in [2.05, 4.69) is 23.3 Å². The lowest BCUT2D eigenvalue weighted by Crippen LogP contribution is -2.18. The molecule has 0 aliphatic carbocycles. The third-order valence-corrected chi connectivity index (χ3v) is 2.68. The average molecular weight is 213 g/mol. The van der Waals surface area contributed by atoms with Crippen molar-refractivity contribution < 1.29 is 4.98 Å². The lowest BCUT2D eigenvalue weighted by atomic mass is 10.3. The van der Waals surface area contributed by atoms with Gasteiger partial charge in [-0.15, -0.1) is 0 Å². The highest BCUT2D eigenvalue weighted by atomic mass is 32.2. The lowest BCUT2D eigenvalue weighted by molar-refractivity contribution is -0.378. The Kier molecular flexibility index (Phi) is 4.78. The quantitative estimate of drug-likeness (QED) is 0.773. The van der Waals surface area contributed by atoms with Gasteiger partial charge in [0.25, 0.3) is 0 Å². The minimum Gasteiger partial charge on any atom is -0.367 e. The molecule has 70 valence electrons. The van der Waals surface area contributed by atoms with Gasteiger partial charge in [-0.25, -0.2) is 4.98 Å². The van der Waals surface area contributed by atoms with Crippen molar-refractivity contribution in [3.05, 3.63) is 30.1 Å². The molecule has 1 aromatic rings. The van der Waals surface area contributed by atoms with E-state index < -0.39 is 0 Å². The van der Waals surface area contributed by atoms with Gasteiger partial charge in [0.2, 0.25) is 0 Å². The summed E-state index contributed by atoms with van der Waals surface area (Å²) in [5, 5.41) is 3.17. The molecule has 0 atom stereocenters. The third kappa shape index (κ3) is 4.24. The highest BCUT2D eigenvalue weighted by Crippen LogP contribution is 2.01. The molecule has 13 heavy (non-hydrogen) atoms. The van der Waals surface area contributed by atoms with E-state index in [1.54, 1.807) is 11.8 Å². The van der Waals surface area contributed by atoms with Crippen molar-refractivity contribution in [1.82, 2.24) is 5.32 Å². The molecular weight excluding hydrogens is 200 g/mol. The average Bonchev–Trinajstić information content (AvgIpc) is 2.17. The molecule has 2 nitrogen and oxygen atoms in total. The van der Waals surface area contributed by atoms with Gasteiger partial charge in [-0.2, -0.15) is 0 Å². The first-order valence-electron chi connectivity index (χ1n) is 4.18. The molecule has 1 aromatic heterocycles. The monoisotopic (exact) mass is 213 g/mol. The molecule has 0 bridgehead atoms. The number of H-pyrrole nitrogens is 1. The van der Waals surface area contributed by atoms with Gasteiger partial charge in [0, 0.05) is 18.2 Å². The molecule has 4 heteroatoms. The second-order valence-corrected chi connectivity index (χ2v) is 4.43. The van der Waals surface area contributed by atoms with Crippen molar-refractivity contribution in [2.24, 2.45) is 0 Å². The van der Waals surface area contributed by atoms with Gasteiger partial charge >= 0.3 is 0 Å². The molecule has 0 saturated heterocycles. The standard InChI is InChI=1S/C9H12N2S2/c1-2-13-9(12)11-7-8-4-3-5-10-6-8/h3-6H,2,7H2,1H3,(H,11,12)/p+1. The van der Waals surface area contributed by atoms with E-state index >= 15 is 0 Å². The van der Waals surface area contributed by atoms with Crippen LogP contribution in [0.25, 0.3) is 0 Å². The van der Waals surface area contributed by atoms with Crippen molar-refractivity contribution in [2.45, 2.75) is 13.5 Å². The lowest BCUT2D eigenvalue weighted by Gasteiger charge is -2.03. The predicted molar refractivity (Wildman–Crippen MR) is 60.6 cm³/mol. The third-order valence-electron chi connectivity index (χ3n) is 1.48. The molecule has 0 fully saturated rings. The fraction of sp³-hybridized carbons (Fsp3) is 0.333. The summed E-state index contributed by atoms with van der Waals surface area (Å²) in [5.41, 5.74) is 1.21. The van der Waals surface area contributed by atoms with Gasteiger partial charge in [0.1, 0.15) is 4.32 Å². The van der Waals surface area contributed by atoms with Crippen molar-refractivity contribution in [1.29, 1.82) is 0 Å². The summed E-state index contributed by atoms with van der Waals surface area (Å²) in [5.74, 6) is 1.02. The van der Waals surface area contributed by atoms with Crippen LogP contribution in [0, 0.1) is 0 Å². The van der Waals surface area contributed by atoms with Crippen LogP contribution in [0.5, 0.6) is 0 Å². The van der Waals surface area contributed by atoms with E-state index in [4.69, 9.17) is 12.2 Å². The first-order chi connectivity index (χ1) is 6.33. The van der Waals surface area contributed by atoms with Crippen molar-refractivity contribution in [3.63, 3.8) is 0 Å². The van der Waals surface area contributed by atoms with Crippen LogP contribution in [0.2, 0.25) is 0 Å². The van der Waals surface area contributed by atoms with Crippen molar-refractivity contribution in [3.8, 4) is 0 Å². The van der Waals surface area contributed by atoms with Crippen molar-refractivity contribution >= 4 is 28.3 Å². The van der Waals surface area contributed by atoms with Crippen LogP contribution in [0.1, 0.15) is 12.5 Å². The van der Waals surface area contributed by atoms with Crippen LogP contribution in [0.3, 0.4) is 0 Å². The number of pyridine rings is 1. The Morgan fingerprint density at radius 2 is 2.54 bits per heavy atom. The Balaban J connectivity index is 2.31. The van der Waals surface area contributed by atoms with Crippen LogP contribution in [-0.2, 0) is 6.54 Å². The van der Waals surface area contributed by atoms with Gasteiger partial charge < -0.3 is 5.32 Å². The molecule has 0 aliphatic rings. The Morgan fingerprint density at radius 3 is 3.15 bits per heavy atom. The number of hydrogen-bond acceptors (Lipinski definition) is 2. The normalized spacial score (nSPS) is 9.62. The first kappa shape index (κ1) is 10.5. The second-order valence-electron chi connectivity index (χ2n) is 2.49. The van der Waals surface area contributed by atoms with Gasteiger partial charge in [0.15, 0.2) is 12.4 Å². The topological polar surface area (TPSA) is 26.2 Å². The summed E-state index contributed by atoms with van der Waals surface area (Å²) >= 11 is 6.75. The highest BCUT2D eigenvalue weighted by Gasteiger charge is 1.97. The summed E-state index contributed by atoms with van der Waals surface area (Å²) in [6.07, 6.45) is 3.86. The summed E-state index contributed by atoms with van der Waals surface area (Å²) in [7, 11) is 0. The highest BCUT2D eigenvalue weighted by molar-refractivity contribution is 8.22. The largest absolute Gasteiger partial charge is 0.367 e. The van der Waals surface area contributed by atoms with E-state index in [0.29, 0.717) is 0 Å². The van der Waals surface area contributed by atoms with E-state index in [1.807, 2.05) is 18.5 Å². The fourth-order valence-electron chi connectivity index (χ4n) is 0.897. The smallest absolute Gasteiger partial charge is 0.171 e. The zero-order valence-electron chi connectivity index (χ0n) is 7.54. The fourth-order valence-corrected chi connectivity index (χ4v) is 1.76. The van der Waals surface area contributed by atoms with Crippen LogP contribution >= 0.6 is 24.0 Å². The Bertz CT molecular complexity index is 262. The molecule has 2 N–H and O–H groups in total. The van der Waals surface area contributed by atoms with Gasteiger partial charge in [-0.05, 0) is 11.8 Å².